The van der Waals surface area contributed by atoms with Gasteiger partial charge in [0.15, 0.2) is 0 Å². The smallest absolute Gasteiger partial charge is 0.326 e. The Morgan fingerprint density at radius 2 is 1.52 bits per heavy atom. The summed E-state index contributed by atoms with van der Waals surface area (Å²) in [5.74, 6) is -2.13. The highest BCUT2D eigenvalue weighted by atomic mass is 32.2. The van der Waals surface area contributed by atoms with Crippen LogP contribution in [0.3, 0.4) is 0 Å². The van der Waals surface area contributed by atoms with Crippen LogP contribution in [0, 0.1) is 11.8 Å². The first-order chi connectivity index (χ1) is 13.4. The van der Waals surface area contributed by atoms with Gasteiger partial charge in [0.2, 0.25) is 17.7 Å². The molecule has 0 saturated carbocycles. The number of carboxylic acids is 1. The Bertz CT molecular complexity index is 571. The van der Waals surface area contributed by atoms with Crippen molar-refractivity contribution in [3.63, 3.8) is 0 Å². The lowest BCUT2D eigenvalue weighted by Gasteiger charge is -2.26. The molecular weight excluding hydrogens is 396 g/mol. The molecule has 3 amide bonds. The summed E-state index contributed by atoms with van der Waals surface area (Å²) in [6.45, 7) is 8.87. The van der Waals surface area contributed by atoms with Gasteiger partial charge in [0.05, 0.1) is 6.04 Å². The zero-order valence-electron chi connectivity index (χ0n) is 18.2. The van der Waals surface area contributed by atoms with Crippen LogP contribution in [0.1, 0.15) is 47.5 Å². The van der Waals surface area contributed by atoms with Crippen molar-refractivity contribution in [1.29, 1.82) is 0 Å². The Kier molecular flexibility index (Phi) is 12.6. The molecule has 0 aliphatic carbocycles. The molecule has 4 unspecified atom stereocenters. The number of hydrogen-bond donors (Lipinski definition) is 5. The van der Waals surface area contributed by atoms with E-state index in [0.717, 1.165) is 0 Å². The van der Waals surface area contributed by atoms with Gasteiger partial charge in [0.1, 0.15) is 18.1 Å². The van der Waals surface area contributed by atoms with Crippen molar-refractivity contribution < 1.29 is 24.3 Å². The van der Waals surface area contributed by atoms with E-state index < -0.39 is 47.9 Å². The molecule has 0 radical (unpaired) electrons. The second kappa shape index (κ2) is 13.4. The van der Waals surface area contributed by atoms with E-state index in [0.29, 0.717) is 12.2 Å². The van der Waals surface area contributed by atoms with Crippen LogP contribution >= 0.6 is 11.8 Å². The Labute approximate surface area is 177 Å². The van der Waals surface area contributed by atoms with Crippen molar-refractivity contribution in [1.82, 2.24) is 16.0 Å². The van der Waals surface area contributed by atoms with E-state index in [4.69, 9.17) is 5.73 Å². The van der Waals surface area contributed by atoms with Gasteiger partial charge in [0.25, 0.3) is 0 Å². The third-order valence-electron chi connectivity index (χ3n) is 4.29. The molecule has 0 rings (SSSR count). The Hall–Kier alpha value is -1.81. The topological polar surface area (TPSA) is 151 Å². The van der Waals surface area contributed by atoms with Crippen LogP contribution in [0.2, 0.25) is 0 Å². The SMILES string of the molecule is CSCCC(NC(=O)C(NC(=O)C(C)NC(=O)C(N)CC(C)C)C(C)C)C(=O)O. The lowest BCUT2D eigenvalue weighted by Crippen LogP contribution is -2.57. The normalized spacial score (nSPS) is 15.3. The van der Waals surface area contributed by atoms with Crippen molar-refractivity contribution >= 4 is 35.5 Å². The molecule has 0 aromatic heterocycles. The van der Waals surface area contributed by atoms with Crippen molar-refractivity contribution in [3.05, 3.63) is 0 Å². The lowest BCUT2D eigenvalue weighted by molar-refractivity contribution is -0.142. The fourth-order valence-corrected chi connectivity index (χ4v) is 3.04. The number of carboxylic acid groups (broad SMARTS) is 1. The molecule has 0 aliphatic rings. The van der Waals surface area contributed by atoms with E-state index in [1.54, 1.807) is 13.8 Å². The maximum Gasteiger partial charge on any atom is 0.326 e. The predicted octanol–water partition coefficient (Wildman–Crippen LogP) is 0.328. The lowest BCUT2D eigenvalue weighted by atomic mass is 10.0. The summed E-state index contributed by atoms with van der Waals surface area (Å²) >= 11 is 1.48. The van der Waals surface area contributed by atoms with Crippen molar-refractivity contribution in [2.45, 2.75) is 71.6 Å². The third kappa shape index (κ3) is 10.5. The Balaban J connectivity index is 4.96. The first-order valence-electron chi connectivity index (χ1n) is 9.79. The maximum atomic E-state index is 12.6. The zero-order valence-corrected chi connectivity index (χ0v) is 19.0. The first-order valence-corrected chi connectivity index (χ1v) is 11.2. The highest BCUT2D eigenvalue weighted by Crippen LogP contribution is 2.07. The van der Waals surface area contributed by atoms with E-state index in [2.05, 4.69) is 16.0 Å². The molecular formula is C19H36N4O5S. The molecule has 0 aromatic carbocycles. The standard InChI is InChI=1S/C19H36N4O5S/c1-10(2)9-13(20)17(25)21-12(5)16(24)23-15(11(3)4)18(26)22-14(19(27)28)7-8-29-6/h10-15H,7-9,20H2,1-6H3,(H,21,25)(H,22,26)(H,23,24)(H,27,28). The summed E-state index contributed by atoms with van der Waals surface area (Å²) in [5.41, 5.74) is 5.82. The van der Waals surface area contributed by atoms with Gasteiger partial charge < -0.3 is 26.8 Å². The Morgan fingerprint density at radius 1 is 0.931 bits per heavy atom. The molecule has 29 heavy (non-hydrogen) atoms. The molecule has 168 valence electrons. The quantitative estimate of drug-likeness (QED) is 0.281. The molecule has 0 heterocycles. The van der Waals surface area contributed by atoms with Crippen LogP contribution in [0.25, 0.3) is 0 Å². The molecule has 0 aliphatic heterocycles. The summed E-state index contributed by atoms with van der Waals surface area (Å²) in [7, 11) is 0. The third-order valence-corrected chi connectivity index (χ3v) is 4.93. The summed E-state index contributed by atoms with van der Waals surface area (Å²) < 4.78 is 0. The van der Waals surface area contributed by atoms with E-state index in [1.165, 1.54) is 18.7 Å². The number of thioether (sulfide) groups is 1. The molecule has 4 atom stereocenters. The Morgan fingerprint density at radius 3 is 1.97 bits per heavy atom. The second-order valence-electron chi connectivity index (χ2n) is 7.88. The number of carbonyl (C=O) groups is 4. The van der Waals surface area contributed by atoms with E-state index in [-0.39, 0.29) is 18.3 Å². The van der Waals surface area contributed by atoms with Crippen LogP contribution in [-0.2, 0) is 19.2 Å². The maximum absolute atomic E-state index is 12.6. The largest absolute Gasteiger partial charge is 0.480 e. The molecule has 0 saturated heterocycles. The van der Waals surface area contributed by atoms with Gasteiger partial charge in [-0.3, -0.25) is 14.4 Å². The zero-order chi connectivity index (χ0) is 22.7. The number of carbonyl (C=O) groups excluding carboxylic acids is 3. The van der Waals surface area contributed by atoms with Gasteiger partial charge in [-0.05, 0) is 43.6 Å². The van der Waals surface area contributed by atoms with E-state index in [1.807, 2.05) is 20.1 Å². The van der Waals surface area contributed by atoms with Gasteiger partial charge in [-0.25, -0.2) is 4.79 Å². The van der Waals surface area contributed by atoms with Crippen molar-refractivity contribution in [2.75, 3.05) is 12.0 Å². The van der Waals surface area contributed by atoms with Crippen LogP contribution < -0.4 is 21.7 Å². The van der Waals surface area contributed by atoms with Crippen molar-refractivity contribution in [2.24, 2.45) is 17.6 Å². The fourth-order valence-electron chi connectivity index (χ4n) is 2.57. The number of amides is 3. The number of nitrogens with one attached hydrogen (secondary N) is 3. The van der Waals surface area contributed by atoms with Crippen LogP contribution in [-0.4, -0.2) is 65.0 Å². The minimum atomic E-state index is -1.12. The molecule has 10 heteroatoms. The first kappa shape index (κ1) is 27.2. The molecule has 0 aromatic rings. The van der Waals surface area contributed by atoms with Crippen molar-refractivity contribution in [3.8, 4) is 0 Å². The molecule has 0 spiro atoms. The van der Waals surface area contributed by atoms with Crippen LogP contribution in [0.4, 0.5) is 0 Å². The van der Waals surface area contributed by atoms with Gasteiger partial charge in [-0.15, -0.1) is 0 Å². The number of aliphatic carboxylic acids is 1. The van der Waals surface area contributed by atoms with Gasteiger partial charge >= 0.3 is 5.97 Å². The highest BCUT2D eigenvalue weighted by molar-refractivity contribution is 7.98. The van der Waals surface area contributed by atoms with E-state index >= 15 is 0 Å². The van der Waals surface area contributed by atoms with Crippen LogP contribution in [0.5, 0.6) is 0 Å². The monoisotopic (exact) mass is 432 g/mol. The number of rotatable bonds is 13. The molecule has 9 nitrogen and oxygen atoms in total. The number of nitrogens with two attached hydrogens (primary N) is 1. The van der Waals surface area contributed by atoms with Crippen LogP contribution in [0.15, 0.2) is 0 Å². The van der Waals surface area contributed by atoms with Gasteiger partial charge in [-0.1, -0.05) is 27.7 Å². The molecule has 0 fully saturated rings. The second-order valence-corrected chi connectivity index (χ2v) is 8.86. The van der Waals surface area contributed by atoms with Gasteiger partial charge in [-0.2, -0.15) is 11.8 Å². The van der Waals surface area contributed by atoms with E-state index in [9.17, 15) is 24.3 Å². The summed E-state index contributed by atoms with van der Waals surface area (Å²) in [5, 5.41) is 16.9. The fraction of sp³-hybridized carbons (Fsp3) is 0.789. The average molecular weight is 433 g/mol. The molecule has 6 N–H and O–H groups in total. The number of hydrogen-bond acceptors (Lipinski definition) is 6. The highest BCUT2D eigenvalue weighted by Gasteiger charge is 2.30. The average Bonchev–Trinajstić information content (AvgIpc) is 2.61. The molecule has 0 bridgehead atoms. The van der Waals surface area contributed by atoms with Gasteiger partial charge in [0, 0.05) is 0 Å². The summed E-state index contributed by atoms with van der Waals surface area (Å²) in [4.78, 5) is 48.5. The summed E-state index contributed by atoms with van der Waals surface area (Å²) in [6, 6.07) is -3.56. The minimum Gasteiger partial charge on any atom is -0.480 e. The summed E-state index contributed by atoms with van der Waals surface area (Å²) in [6.07, 6.45) is 2.62. The predicted molar refractivity (Wildman–Crippen MR) is 114 cm³/mol. The minimum absolute atomic E-state index is 0.238.